The maximum absolute atomic E-state index is 10.9. The van der Waals surface area contributed by atoms with Gasteiger partial charge in [-0.15, -0.1) is 11.6 Å². The summed E-state index contributed by atoms with van der Waals surface area (Å²) >= 11 is 11.5. The predicted molar refractivity (Wildman–Crippen MR) is 55.8 cm³/mol. The SMILES string of the molecule is COc1ccc(Cl)cc1C(Cl)C(N)=O. The van der Waals surface area contributed by atoms with E-state index in [1.165, 1.54) is 7.11 Å². The second-order valence-corrected chi connectivity index (χ2v) is 3.52. The van der Waals surface area contributed by atoms with Crippen molar-refractivity contribution in [1.82, 2.24) is 0 Å². The van der Waals surface area contributed by atoms with Crippen molar-refractivity contribution in [3.63, 3.8) is 0 Å². The lowest BCUT2D eigenvalue weighted by molar-refractivity contribution is -0.117. The molecule has 0 radical (unpaired) electrons. The van der Waals surface area contributed by atoms with Crippen molar-refractivity contribution in [2.75, 3.05) is 7.11 Å². The number of amides is 1. The lowest BCUT2D eigenvalue weighted by atomic mass is 10.1. The quantitative estimate of drug-likeness (QED) is 0.814. The van der Waals surface area contributed by atoms with Crippen molar-refractivity contribution in [2.24, 2.45) is 5.73 Å². The second-order valence-electron chi connectivity index (χ2n) is 2.65. The van der Waals surface area contributed by atoms with Crippen molar-refractivity contribution in [3.8, 4) is 5.75 Å². The number of benzene rings is 1. The van der Waals surface area contributed by atoms with E-state index in [1.54, 1.807) is 18.2 Å². The van der Waals surface area contributed by atoms with E-state index < -0.39 is 11.3 Å². The first-order valence-electron chi connectivity index (χ1n) is 3.83. The van der Waals surface area contributed by atoms with Gasteiger partial charge in [0.15, 0.2) is 0 Å². The van der Waals surface area contributed by atoms with Crippen LogP contribution in [0.4, 0.5) is 0 Å². The van der Waals surface area contributed by atoms with Crippen LogP contribution in [0.5, 0.6) is 5.75 Å². The number of hydrogen-bond donors (Lipinski definition) is 1. The van der Waals surface area contributed by atoms with Crippen LogP contribution in [0.15, 0.2) is 18.2 Å². The van der Waals surface area contributed by atoms with Crippen LogP contribution in [0, 0.1) is 0 Å². The topological polar surface area (TPSA) is 52.3 Å². The van der Waals surface area contributed by atoms with E-state index in [2.05, 4.69) is 0 Å². The van der Waals surface area contributed by atoms with Crippen LogP contribution < -0.4 is 10.5 Å². The van der Waals surface area contributed by atoms with E-state index in [0.29, 0.717) is 16.3 Å². The summed E-state index contributed by atoms with van der Waals surface area (Å²) in [6.45, 7) is 0. The molecular weight excluding hydrogens is 225 g/mol. The zero-order valence-corrected chi connectivity index (χ0v) is 8.97. The molecule has 1 atom stereocenters. The molecule has 14 heavy (non-hydrogen) atoms. The zero-order chi connectivity index (χ0) is 10.7. The number of hydrogen-bond acceptors (Lipinski definition) is 2. The van der Waals surface area contributed by atoms with E-state index in [9.17, 15) is 4.79 Å². The molecule has 0 bridgehead atoms. The fourth-order valence-electron chi connectivity index (χ4n) is 1.06. The van der Waals surface area contributed by atoms with Gasteiger partial charge in [-0.05, 0) is 18.2 Å². The molecule has 0 heterocycles. The standard InChI is InChI=1S/C9H9Cl2NO2/c1-14-7-3-2-5(10)4-6(7)8(11)9(12)13/h2-4,8H,1H3,(H2,12,13). The molecule has 1 amide bonds. The molecular formula is C9H9Cl2NO2. The number of carbonyl (C=O) groups excluding carboxylic acids is 1. The van der Waals surface area contributed by atoms with E-state index in [4.69, 9.17) is 33.7 Å². The van der Waals surface area contributed by atoms with Gasteiger partial charge in [0.1, 0.15) is 11.1 Å². The minimum atomic E-state index is -0.927. The lowest BCUT2D eigenvalue weighted by Gasteiger charge is -2.11. The number of methoxy groups -OCH3 is 1. The van der Waals surface area contributed by atoms with Crippen molar-refractivity contribution in [2.45, 2.75) is 5.38 Å². The summed E-state index contributed by atoms with van der Waals surface area (Å²) in [5, 5.41) is -0.448. The van der Waals surface area contributed by atoms with Crippen molar-refractivity contribution >= 4 is 29.1 Å². The van der Waals surface area contributed by atoms with Gasteiger partial charge in [0.25, 0.3) is 0 Å². The Morgan fingerprint density at radius 3 is 2.71 bits per heavy atom. The van der Waals surface area contributed by atoms with Gasteiger partial charge in [-0.25, -0.2) is 0 Å². The molecule has 0 fully saturated rings. The molecule has 2 N–H and O–H groups in total. The van der Waals surface area contributed by atoms with Gasteiger partial charge in [-0.2, -0.15) is 0 Å². The Labute approximate surface area is 91.7 Å². The van der Waals surface area contributed by atoms with Crippen LogP contribution in [-0.4, -0.2) is 13.0 Å². The molecule has 0 spiro atoms. The Hall–Kier alpha value is -0.930. The Kier molecular flexibility index (Phi) is 3.61. The molecule has 0 aliphatic carbocycles. The molecule has 0 saturated heterocycles. The maximum atomic E-state index is 10.9. The van der Waals surface area contributed by atoms with Crippen LogP contribution in [0.25, 0.3) is 0 Å². The fourth-order valence-corrected chi connectivity index (χ4v) is 1.41. The highest BCUT2D eigenvalue weighted by Gasteiger charge is 2.18. The molecule has 0 aliphatic rings. The second kappa shape index (κ2) is 4.53. The Morgan fingerprint density at radius 2 is 2.21 bits per heavy atom. The lowest BCUT2D eigenvalue weighted by Crippen LogP contribution is -2.17. The highest BCUT2D eigenvalue weighted by Crippen LogP contribution is 2.31. The normalized spacial score (nSPS) is 12.2. The van der Waals surface area contributed by atoms with Gasteiger partial charge in [-0.3, -0.25) is 4.79 Å². The number of nitrogens with two attached hydrogens (primary N) is 1. The highest BCUT2D eigenvalue weighted by atomic mass is 35.5. The fraction of sp³-hybridized carbons (Fsp3) is 0.222. The average molecular weight is 234 g/mol. The highest BCUT2D eigenvalue weighted by molar-refractivity contribution is 6.32. The van der Waals surface area contributed by atoms with Gasteiger partial charge in [0.2, 0.25) is 5.91 Å². The summed E-state index contributed by atoms with van der Waals surface area (Å²) in [5.41, 5.74) is 5.55. The van der Waals surface area contributed by atoms with Gasteiger partial charge in [0.05, 0.1) is 7.11 Å². The molecule has 0 aromatic heterocycles. The Balaban J connectivity index is 3.16. The van der Waals surface area contributed by atoms with E-state index in [-0.39, 0.29) is 0 Å². The van der Waals surface area contributed by atoms with Crippen molar-refractivity contribution < 1.29 is 9.53 Å². The van der Waals surface area contributed by atoms with Crippen molar-refractivity contribution in [1.29, 1.82) is 0 Å². The first-order valence-corrected chi connectivity index (χ1v) is 4.64. The van der Waals surface area contributed by atoms with E-state index in [1.807, 2.05) is 0 Å². The Bertz CT molecular complexity index is 355. The monoisotopic (exact) mass is 233 g/mol. The largest absolute Gasteiger partial charge is 0.496 e. The minimum Gasteiger partial charge on any atom is -0.496 e. The minimum absolute atomic E-state index is 0.479. The number of carbonyl (C=O) groups is 1. The summed E-state index contributed by atoms with van der Waals surface area (Å²) in [5.74, 6) is -0.138. The number of primary amides is 1. The molecule has 0 saturated carbocycles. The van der Waals surface area contributed by atoms with Crippen LogP contribution in [0.2, 0.25) is 5.02 Å². The first kappa shape index (κ1) is 11.1. The number of rotatable bonds is 3. The van der Waals surface area contributed by atoms with Crippen LogP contribution >= 0.6 is 23.2 Å². The summed E-state index contributed by atoms with van der Waals surface area (Å²) < 4.78 is 5.02. The van der Waals surface area contributed by atoms with Crippen LogP contribution in [0.3, 0.4) is 0 Å². The molecule has 0 aliphatic heterocycles. The van der Waals surface area contributed by atoms with E-state index in [0.717, 1.165) is 0 Å². The third kappa shape index (κ3) is 2.30. The number of alkyl halides is 1. The van der Waals surface area contributed by atoms with Crippen LogP contribution in [0.1, 0.15) is 10.9 Å². The molecule has 5 heteroatoms. The van der Waals surface area contributed by atoms with Gasteiger partial charge in [-0.1, -0.05) is 11.6 Å². The third-order valence-corrected chi connectivity index (χ3v) is 2.40. The summed E-state index contributed by atoms with van der Waals surface area (Å²) in [7, 11) is 1.48. The van der Waals surface area contributed by atoms with Gasteiger partial charge in [0, 0.05) is 10.6 Å². The molecule has 3 nitrogen and oxygen atoms in total. The summed E-state index contributed by atoms with van der Waals surface area (Å²) in [6, 6.07) is 4.84. The summed E-state index contributed by atoms with van der Waals surface area (Å²) in [6.07, 6.45) is 0. The van der Waals surface area contributed by atoms with Gasteiger partial charge >= 0.3 is 0 Å². The third-order valence-electron chi connectivity index (χ3n) is 1.71. The molecule has 76 valence electrons. The predicted octanol–water partition coefficient (Wildman–Crippen LogP) is 2.11. The molecule has 1 aromatic rings. The molecule has 1 rings (SSSR count). The van der Waals surface area contributed by atoms with E-state index >= 15 is 0 Å². The van der Waals surface area contributed by atoms with Crippen molar-refractivity contribution in [3.05, 3.63) is 28.8 Å². The average Bonchev–Trinajstić information content (AvgIpc) is 2.16. The zero-order valence-electron chi connectivity index (χ0n) is 7.46. The number of halogens is 2. The number of ether oxygens (including phenoxy) is 1. The maximum Gasteiger partial charge on any atom is 0.240 e. The molecule has 1 aromatic carbocycles. The Morgan fingerprint density at radius 1 is 1.57 bits per heavy atom. The first-order chi connectivity index (χ1) is 6.56. The van der Waals surface area contributed by atoms with Crippen LogP contribution in [-0.2, 0) is 4.79 Å². The smallest absolute Gasteiger partial charge is 0.240 e. The molecule has 1 unspecified atom stereocenters. The van der Waals surface area contributed by atoms with Gasteiger partial charge < -0.3 is 10.5 Å². The summed E-state index contributed by atoms with van der Waals surface area (Å²) in [4.78, 5) is 10.9.